The molecule has 2 N–H and O–H groups in total. The summed E-state index contributed by atoms with van der Waals surface area (Å²) in [4.78, 5) is 43.7. The Morgan fingerprint density at radius 2 is 2.20 bits per heavy atom. The van der Waals surface area contributed by atoms with Gasteiger partial charge in [0.2, 0.25) is 11.8 Å². The van der Waals surface area contributed by atoms with Crippen LogP contribution in [0.2, 0.25) is 0 Å². The minimum atomic E-state index is -1.07. The lowest BCUT2D eigenvalue weighted by molar-refractivity contribution is -0.155. The molecule has 3 amide bonds. The van der Waals surface area contributed by atoms with Crippen molar-refractivity contribution in [3.05, 3.63) is 0 Å². The predicted molar refractivity (Wildman–Crippen MR) is 46.3 cm³/mol. The lowest BCUT2D eigenvalue weighted by atomic mass is 10.2. The molecule has 0 radical (unpaired) electrons. The molecule has 7 heteroatoms. The summed E-state index contributed by atoms with van der Waals surface area (Å²) in [6.07, 6.45) is -0.149. The van der Waals surface area contributed by atoms with E-state index in [1.54, 1.807) is 6.92 Å². The number of rotatable bonds is 2. The standard InChI is InChI=1S/C8H10N2O5/c1-2-15-8(14)7(13)9-4-3-5(11)10-6(4)12/h4H,2-3H2,1H3,(H,9,13)(H,10,11,12). The zero-order chi connectivity index (χ0) is 11.4. The Morgan fingerprint density at radius 3 is 2.67 bits per heavy atom. The van der Waals surface area contributed by atoms with Crippen LogP contribution in [-0.2, 0) is 23.9 Å². The minimum absolute atomic E-state index is 0.0715. The van der Waals surface area contributed by atoms with Crippen LogP contribution >= 0.6 is 0 Å². The molecular formula is C8H10N2O5. The fourth-order valence-corrected chi connectivity index (χ4v) is 1.08. The molecule has 1 heterocycles. The second-order valence-corrected chi connectivity index (χ2v) is 2.86. The summed E-state index contributed by atoms with van der Waals surface area (Å²) >= 11 is 0. The maximum Gasteiger partial charge on any atom is 0.396 e. The third-order valence-corrected chi connectivity index (χ3v) is 1.73. The second-order valence-electron chi connectivity index (χ2n) is 2.86. The molecule has 15 heavy (non-hydrogen) atoms. The average molecular weight is 214 g/mol. The molecule has 1 aliphatic rings. The van der Waals surface area contributed by atoms with Gasteiger partial charge < -0.3 is 10.1 Å². The number of nitrogens with one attached hydrogen (secondary N) is 2. The van der Waals surface area contributed by atoms with E-state index in [-0.39, 0.29) is 13.0 Å². The highest BCUT2D eigenvalue weighted by molar-refractivity contribution is 6.33. The molecule has 1 unspecified atom stereocenters. The van der Waals surface area contributed by atoms with Crippen LogP contribution in [-0.4, -0.2) is 36.3 Å². The SMILES string of the molecule is CCOC(=O)C(=O)NC1CC(=O)NC1=O. The van der Waals surface area contributed by atoms with E-state index in [2.05, 4.69) is 10.1 Å². The van der Waals surface area contributed by atoms with Crippen molar-refractivity contribution in [3.8, 4) is 0 Å². The average Bonchev–Trinajstić information content (AvgIpc) is 2.45. The second kappa shape index (κ2) is 4.54. The third kappa shape index (κ3) is 2.76. The van der Waals surface area contributed by atoms with Gasteiger partial charge in [0.05, 0.1) is 13.0 Å². The van der Waals surface area contributed by atoms with Gasteiger partial charge in [-0.15, -0.1) is 0 Å². The number of amides is 3. The summed E-state index contributed by atoms with van der Waals surface area (Å²) in [5.41, 5.74) is 0. The fraction of sp³-hybridized carbons (Fsp3) is 0.500. The molecule has 1 aliphatic heterocycles. The molecule has 0 bridgehead atoms. The van der Waals surface area contributed by atoms with Gasteiger partial charge >= 0.3 is 11.9 Å². The zero-order valence-electron chi connectivity index (χ0n) is 8.03. The molecule has 0 spiro atoms. The van der Waals surface area contributed by atoms with Crippen molar-refractivity contribution in [2.45, 2.75) is 19.4 Å². The van der Waals surface area contributed by atoms with Gasteiger partial charge in [-0.25, -0.2) is 4.79 Å². The highest BCUT2D eigenvalue weighted by atomic mass is 16.5. The Kier molecular flexibility index (Phi) is 3.37. The Hall–Kier alpha value is -1.92. The summed E-state index contributed by atoms with van der Waals surface area (Å²) < 4.78 is 4.41. The van der Waals surface area contributed by atoms with Gasteiger partial charge in [-0.2, -0.15) is 0 Å². The van der Waals surface area contributed by atoms with Crippen LogP contribution in [0.25, 0.3) is 0 Å². The van der Waals surface area contributed by atoms with Crippen LogP contribution in [0.4, 0.5) is 0 Å². The molecule has 0 saturated carbocycles. The highest BCUT2D eigenvalue weighted by Gasteiger charge is 2.33. The molecule has 0 aromatic carbocycles. The van der Waals surface area contributed by atoms with Crippen molar-refractivity contribution >= 4 is 23.7 Å². The monoisotopic (exact) mass is 214 g/mol. The largest absolute Gasteiger partial charge is 0.459 e. The first-order chi connectivity index (χ1) is 7.04. The van der Waals surface area contributed by atoms with Crippen LogP contribution in [0.5, 0.6) is 0 Å². The Morgan fingerprint density at radius 1 is 1.53 bits per heavy atom. The van der Waals surface area contributed by atoms with Gasteiger partial charge in [0.25, 0.3) is 0 Å². The van der Waals surface area contributed by atoms with Crippen molar-refractivity contribution in [1.82, 2.24) is 10.6 Å². The zero-order valence-corrected chi connectivity index (χ0v) is 8.03. The highest BCUT2D eigenvalue weighted by Crippen LogP contribution is 2.00. The topological polar surface area (TPSA) is 102 Å². The van der Waals surface area contributed by atoms with Crippen LogP contribution in [0.3, 0.4) is 0 Å². The van der Waals surface area contributed by atoms with Crippen molar-refractivity contribution in [2.24, 2.45) is 0 Å². The van der Waals surface area contributed by atoms with E-state index < -0.39 is 29.7 Å². The van der Waals surface area contributed by atoms with Gasteiger partial charge in [-0.1, -0.05) is 0 Å². The van der Waals surface area contributed by atoms with Crippen LogP contribution in [0, 0.1) is 0 Å². The first kappa shape index (κ1) is 11.2. The lowest BCUT2D eigenvalue weighted by Crippen LogP contribution is -2.43. The van der Waals surface area contributed by atoms with E-state index >= 15 is 0 Å². The fourth-order valence-electron chi connectivity index (χ4n) is 1.08. The van der Waals surface area contributed by atoms with Gasteiger partial charge in [0, 0.05) is 0 Å². The van der Waals surface area contributed by atoms with E-state index in [4.69, 9.17) is 0 Å². The van der Waals surface area contributed by atoms with E-state index in [0.717, 1.165) is 0 Å². The quantitative estimate of drug-likeness (QED) is 0.317. The number of carbonyl (C=O) groups excluding carboxylic acids is 4. The molecule has 0 aromatic heterocycles. The van der Waals surface area contributed by atoms with Crippen molar-refractivity contribution in [1.29, 1.82) is 0 Å². The van der Waals surface area contributed by atoms with Crippen LogP contribution in [0.15, 0.2) is 0 Å². The maximum atomic E-state index is 11.1. The van der Waals surface area contributed by atoms with Crippen molar-refractivity contribution in [3.63, 3.8) is 0 Å². The van der Waals surface area contributed by atoms with E-state index in [1.165, 1.54) is 0 Å². The molecule has 0 aliphatic carbocycles. The van der Waals surface area contributed by atoms with Gasteiger partial charge in [0.1, 0.15) is 6.04 Å². The molecule has 7 nitrogen and oxygen atoms in total. The molecule has 1 saturated heterocycles. The Balaban J connectivity index is 2.48. The number of hydrogen-bond acceptors (Lipinski definition) is 5. The summed E-state index contributed by atoms with van der Waals surface area (Å²) in [5, 5.41) is 4.10. The maximum absolute atomic E-state index is 11.1. The van der Waals surface area contributed by atoms with Crippen molar-refractivity contribution < 1.29 is 23.9 Å². The normalized spacial score (nSPS) is 19.7. The number of carbonyl (C=O) groups is 4. The van der Waals surface area contributed by atoms with Gasteiger partial charge in [-0.05, 0) is 6.92 Å². The molecule has 0 aromatic rings. The third-order valence-electron chi connectivity index (χ3n) is 1.73. The number of esters is 1. The smallest absolute Gasteiger partial charge is 0.396 e. The number of imide groups is 1. The molecule has 1 rings (SSSR count). The van der Waals surface area contributed by atoms with Crippen LogP contribution in [0.1, 0.15) is 13.3 Å². The van der Waals surface area contributed by atoms with Crippen LogP contribution < -0.4 is 10.6 Å². The molecule has 1 fully saturated rings. The molecule has 1 atom stereocenters. The molecular weight excluding hydrogens is 204 g/mol. The minimum Gasteiger partial charge on any atom is -0.459 e. The molecule has 82 valence electrons. The summed E-state index contributed by atoms with van der Waals surface area (Å²) in [6, 6.07) is -0.977. The number of ether oxygens (including phenoxy) is 1. The number of hydrogen-bond donors (Lipinski definition) is 2. The van der Waals surface area contributed by atoms with Gasteiger partial charge in [0.15, 0.2) is 0 Å². The lowest BCUT2D eigenvalue weighted by Gasteiger charge is -2.07. The van der Waals surface area contributed by atoms with Crippen molar-refractivity contribution in [2.75, 3.05) is 6.61 Å². The Bertz CT molecular complexity index is 325. The summed E-state index contributed by atoms with van der Waals surface area (Å²) in [7, 11) is 0. The Labute approximate surface area is 85.1 Å². The van der Waals surface area contributed by atoms with E-state index in [9.17, 15) is 19.2 Å². The predicted octanol–water partition coefficient (Wildman–Crippen LogP) is -1.92. The van der Waals surface area contributed by atoms with E-state index in [1.807, 2.05) is 5.32 Å². The first-order valence-electron chi connectivity index (χ1n) is 4.36. The van der Waals surface area contributed by atoms with Gasteiger partial charge in [-0.3, -0.25) is 19.7 Å². The first-order valence-corrected chi connectivity index (χ1v) is 4.36. The van der Waals surface area contributed by atoms with E-state index in [0.29, 0.717) is 0 Å². The summed E-state index contributed by atoms with van der Waals surface area (Å²) in [6.45, 7) is 1.62. The summed E-state index contributed by atoms with van der Waals surface area (Å²) in [5.74, 6) is -3.18.